The summed E-state index contributed by atoms with van der Waals surface area (Å²) in [7, 11) is 0. The van der Waals surface area contributed by atoms with E-state index in [2.05, 4.69) is 10.6 Å². The Bertz CT molecular complexity index is 384. The molecule has 1 aliphatic heterocycles. The van der Waals surface area contributed by atoms with Gasteiger partial charge in [-0.05, 0) is 37.6 Å². The molecule has 0 amide bonds. The number of piperidine rings is 1. The van der Waals surface area contributed by atoms with E-state index in [1.54, 1.807) is 6.07 Å². The molecule has 1 aromatic rings. The van der Waals surface area contributed by atoms with Crippen LogP contribution in [-0.4, -0.2) is 19.1 Å². The average Bonchev–Trinajstić information content (AvgIpc) is 2.37. The predicted octanol–water partition coefficient (Wildman–Crippen LogP) is 2.55. The van der Waals surface area contributed by atoms with Crippen molar-refractivity contribution in [1.29, 1.82) is 0 Å². The fraction of sp³-hybridized carbons (Fsp3) is 0.538. The highest BCUT2D eigenvalue weighted by molar-refractivity contribution is 5.29. The zero-order chi connectivity index (χ0) is 13.0. The van der Waals surface area contributed by atoms with Gasteiger partial charge in [0.1, 0.15) is 0 Å². The number of rotatable bonds is 3. The topological polar surface area (TPSA) is 24.1 Å². The first-order valence-corrected chi connectivity index (χ1v) is 6.16. The number of nitrogens with one attached hydrogen (secondary N) is 2. The minimum atomic E-state index is -4.27. The summed E-state index contributed by atoms with van der Waals surface area (Å²) in [5.41, 5.74) is -0.213. The van der Waals surface area contributed by atoms with Crippen molar-refractivity contribution in [3.05, 3.63) is 35.4 Å². The lowest BCUT2D eigenvalue weighted by atomic mass is 10.0. The second kappa shape index (κ2) is 5.71. The Morgan fingerprint density at radius 2 is 1.83 bits per heavy atom. The van der Waals surface area contributed by atoms with Crippen LogP contribution in [0.5, 0.6) is 0 Å². The van der Waals surface area contributed by atoms with Crippen molar-refractivity contribution in [2.24, 2.45) is 0 Å². The van der Waals surface area contributed by atoms with Crippen molar-refractivity contribution >= 4 is 0 Å². The van der Waals surface area contributed by atoms with Gasteiger partial charge in [-0.15, -0.1) is 0 Å². The minimum absolute atomic E-state index is 0.278. The van der Waals surface area contributed by atoms with Crippen LogP contribution in [0.4, 0.5) is 13.2 Å². The summed E-state index contributed by atoms with van der Waals surface area (Å²) < 4.78 is 38.3. The van der Waals surface area contributed by atoms with E-state index in [1.807, 2.05) is 0 Å². The van der Waals surface area contributed by atoms with Gasteiger partial charge in [0, 0.05) is 12.6 Å². The molecule has 1 saturated heterocycles. The van der Waals surface area contributed by atoms with Gasteiger partial charge >= 0.3 is 6.18 Å². The van der Waals surface area contributed by atoms with E-state index in [-0.39, 0.29) is 6.54 Å². The van der Waals surface area contributed by atoms with Crippen molar-refractivity contribution in [3.8, 4) is 0 Å². The molecule has 0 spiro atoms. The Kier molecular flexibility index (Phi) is 4.24. The molecule has 100 valence electrons. The summed E-state index contributed by atoms with van der Waals surface area (Å²) in [6, 6.07) is 6.06. The lowest BCUT2D eigenvalue weighted by Crippen LogP contribution is -2.39. The molecule has 0 aliphatic carbocycles. The molecular weight excluding hydrogens is 241 g/mol. The fourth-order valence-electron chi connectivity index (χ4n) is 2.23. The van der Waals surface area contributed by atoms with Crippen LogP contribution in [0.25, 0.3) is 0 Å². The normalized spacial score (nSPS) is 17.9. The van der Waals surface area contributed by atoms with E-state index >= 15 is 0 Å². The van der Waals surface area contributed by atoms with Gasteiger partial charge in [-0.3, -0.25) is 0 Å². The Morgan fingerprint density at radius 1 is 1.17 bits per heavy atom. The van der Waals surface area contributed by atoms with Crippen molar-refractivity contribution in [1.82, 2.24) is 10.6 Å². The summed E-state index contributed by atoms with van der Waals surface area (Å²) in [5.74, 6) is 0. The van der Waals surface area contributed by atoms with E-state index in [1.165, 1.54) is 12.1 Å². The Balaban J connectivity index is 2.00. The van der Waals surface area contributed by atoms with Gasteiger partial charge in [-0.25, -0.2) is 0 Å². The average molecular weight is 258 g/mol. The zero-order valence-electron chi connectivity index (χ0n) is 10.1. The largest absolute Gasteiger partial charge is 0.416 e. The quantitative estimate of drug-likeness (QED) is 0.870. The van der Waals surface area contributed by atoms with Crippen LogP contribution in [0.3, 0.4) is 0 Å². The highest BCUT2D eigenvalue weighted by atomic mass is 19.4. The maximum absolute atomic E-state index is 12.8. The summed E-state index contributed by atoms with van der Waals surface area (Å²) in [6.07, 6.45) is -2.34. The second-order valence-electron chi connectivity index (χ2n) is 4.56. The molecule has 0 atom stereocenters. The van der Waals surface area contributed by atoms with E-state index < -0.39 is 11.7 Å². The van der Waals surface area contributed by atoms with Gasteiger partial charge in [0.05, 0.1) is 5.56 Å². The molecule has 0 saturated carbocycles. The molecular formula is C13H17F3N2. The molecule has 1 aliphatic rings. The molecule has 2 N–H and O–H groups in total. The van der Waals surface area contributed by atoms with Gasteiger partial charge in [0.2, 0.25) is 0 Å². The van der Waals surface area contributed by atoms with E-state index in [0.717, 1.165) is 32.0 Å². The third-order valence-electron chi connectivity index (χ3n) is 3.24. The van der Waals surface area contributed by atoms with E-state index in [4.69, 9.17) is 0 Å². The summed E-state index contributed by atoms with van der Waals surface area (Å²) in [5, 5.41) is 6.44. The molecule has 0 bridgehead atoms. The van der Waals surface area contributed by atoms with Crippen LogP contribution in [-0.2, 0) is 12.7 Å². The van der Waals surface area contributed by atoms with E-state index in [9.17, 15) is 13.2 Å². The molecule has 2 nitrogen and oxygen atoms in total. The highest BCUT2D eigenvalue weighted by Gasteiger charge is 2.32. The van der Waals surface area contributed by atoms with Crippen molar-refractivity contribution in [2.75, 3.05) is 13.1 Å². The van der Waals surface area contributed by atoms with Crippen LogP contribution in [0.1, 0.15) is 24.0 Å². The lowest BCUT2D eigenvalue weighted by molar-refractivity contribution is -0.138. The SMILES string of the molecule is FC(F)(F)c1ccccc1CNC1CCNCC1. The molecule has 0 radical (unpaired) electrons. The first-order chi connectivity index (χ1) is 8.57. The molecule has 2 rings (SSSR count). The first kappa shape index (κ1) is 13.4. The Labute approximate surface area is 105 Å². The van der Waals surface area contributed by atoms with Crippen LogP contribution in [0.2, 0.25) is 0 Å². The number of hydrogen-bond donors (Lipinski definition) is 2. The van der Waals surface area contributed by atoms with Gasteiger partial charge in [0.15, 0.2) is 0 Å². The molecule has 1 heterocycles. The monoisotopic (exact) mass is 258 g/mol. The van der Waals surface area contributed by atoms with Crippen molar-refractivity contribution < 1.29 is 13.2 Å². The lowest BCUT2D eigenvalue weighted by Gasteiger charge is -2.24. The maximum Gasteiger partial charge on any atom is 0.416 e. The summed E-state index contributed by atoms with van der Waals surface area (Å²) in [6.45, 7) is 2.14. The molecule has 18 heavy (non-hydrogen) atoms. The van der Waals surface area contributed by atoms with Crippen molar-refractivity contribution in [2.45, 2.75) is 31.6 Å². The zero-order valence-corrected chi connectivity index (χ0v) is 10.1. The second-order valence-corrected chi connectivity index (χ2v) is 4.56. The van der Waals surface area contributed by atoms with Gasteiger partial charge in [0.25, 0.3) is 0 Å². The third kappa shape index (κ3) is 3.46. The minimum Gasteiger partial charge on any atom is -0.317 e. The molecule has 0 unspecified atom stereocenters. The van der Waals surface area contributed by atoms with Gasteiger partial charge in [-0.1, -0.05) is 18.2 Å². The molecule has 0 aromatic heterocycles. The van der Waals surface area contributed by atoms with Crippen LogP contribution in [0.15, 0.2) is 24.3 Å². The summed E-state index contributed by atoms with van der Waals surface area (Å²) in [4.78, 5) is 0. The molecule has 1 fully saturated rings. The van der Waals surface area contributed by atoms with Crippen LogP contribution < -0.4 is 10.6 Å². The standard InChI is InChI=1S/C13H17F3N2/c14-13(15,16)12-4-2-1-3-10(12)9-18-11-5-7-17-8-6-11/h1-4,11,17-18H,5-9H2. The predicted molar refractivity (Wildman–Crippen MR) is 64.2 cm³/mol. The van der Waals surface area contributed by atoms with Crippen LogP contribution >= 0.6 is 0 Å². The van der Waals surface area contributed by atoms with E-state index in [0.29, 0.717) is 11.6 Å². The summed E-state index contributed by atoms with van der Waals surface area (Å²) >= 11 is 0. The van der Waals surface area contributed by atoms with Gasteiger partial charge in [-0.2, -0.15) is 13.2 Å². The van der Waals surface area contributed by atoms with Crippen LogP contribution in [0, 0.1) is 0 Å². The Hall–Kier alpha value is -1.07. The number of hydrogen-bond acceptors (Lipinski definition) is 2. The number of alkyl halides is 3. The number of benzene rings is 1. The maximum atomic E-state index is 12.8. The molecule has 5 heteroatoms. The smallest absolute Gasteiger partial charge is 0.317 e. The fourth-order valence-corrected chi connectivity index (χ4v) is 2.23. The third-order valence-corrected chi connectivity index (χ3v) is 3.24. The van der Waals surface area contributed by atoms with Crippen molar-refractivity contribution in [3.63, 3.8) is 0 Å². The number of halogens is 3. The first-order valence-electron chi connectivity index (χ1n) is 6.16. The van der Waals surface area contributed by atoms with Gasteiger partial charge < -0.3 is 10.6 Å². The molecule has 1 aromatic carbocycles. The Morgan fingerprint density at radius 3 is 2.50 bits per heavy atom. The highest BCUT2D eigenvalue weighted by Crippen LogP contribution is 2.31.